The van der Waals surface area contributed by atoms with Crippen LogP contribution in [0.3, 0.4) is 0 Å². The normalized spacial score (nSPS) is 12.8. The van der Waals surface area contributed by atoms with Crippen LogP contribution >= 0.6 is 27.3 Å². The molecule has 0 radical (unpaired) electrons. The number of aliphatic hydroxyl groups is 1. The van der Waals surface area contributed by atoms with Crippen molar-refractivity contribution in [2.24, 2.45) is 0 Å². The molecule has 5 heteroatoms. The van der Waals surface area contributed by atoms with Gasteiger partial charge in [0.15, 0.2) is 0 Å². The Hall–Kier alpha value is -0.780. The molecule has 0 aliphatic rings. The Bertz CT molecular complexity index is 512. The van der Waals surface area contributed by atoms with Crippen LogP contribution in [-0.2, 0) is 0 Å². The number of benzene rings is 1. The average Bonchev–Trinajstić information content (AvgIpc) is 2.67. The molecule has 1 aromatic carbocycles. The fourth-order valence-electron chi connectivity index (χ4n) is 1.35. The van der Waals surface area contributed by atoms with Crippen LogP contribution in [0.25, 0.3) is 0 Å². The smallest absolute Gasteiger partial charge is 0.129 e. The molecular weight excluding hydrogens is 298 g/mol. The zero-order valence-corrected chi connectivity index (χ0v) is 10.4. The van der Waals surface area contributed by atoms with Crippen molar-refractivity contribution < 1.29 is 13.9 Å². The maximum atomic E-state index is 13.4. The van der Waals surface area contributed by atoms with Crippen LogP contribution in [-0.4, -0.2) is 5.11 Å². The Labute approximate surface area is 103 Å². The van der Waals surface area contributed by atoms with Crippen LogP contribution in [0, 0.1) is 11.6 Å². The third kappa shape index (κ3) is 2.31. The first kappa shape index (κ1) is 11.7. The van der Waals surface area contributed by atoms with Gasteiger partial charge >= 0.3 is 0 Å². The lowest BCUT2D eigenvalue weighted by atomic mass is 10.1. The molecule has 0 aliphatic heterocycles. The first-order valence-electron chi connectivity index (χ1n) is 4.46. The molecule has 16 heavy (non-hydrogen) atoms. The van der Waals surface area contributed by atoms with Gasteiger partial charge in [0.2, 0.25) is 0 Å². The molecule has 1 heterocycles. The van der Waals surface area contributed by atoms with E-state index in [2.05, 4.69) is 15.9 Å². The minimum absolute atomic E-state index is 0.0469. The van der Waals surface area contributed by atoms with Gasteiger partial charge in [-0.05, 0) is 46.3 Å². The zero-order valence-electron chi connectivity index (χ0n) is 7.95. The van der Waals surface area contributed by atoms with Gasteiger partial charge in [-0.1, -0.05) is 0 Å². The first-order valence-corrected chi connectivity index (χ1v) is 6.07. The second-order valence-corrected chi connectivity index (χ2v) is 5.70. The van der Waals surface area contributed by atoms with E-state index in [1.165, 1.54) is 11.3 Å². The van der Waals surface area contributed by atoms with Crippen molar-refractivity contribution in [3.05, 3.63) is 56.2 Å². The Morgan fingerprint density at radius 1 is 1.19 bits per heavy atom. The molecule has 1 unspecified atom stereocenters. The lowest BCUT2D eigenvalue weighted by molar-refractivity contribution is 0.218. The Morgan fingerprint density at radius 3 is 2.56 bits per heavy atom. The highest BCUT2D eigenvalue weighted by molar-refractivity contribution is 9.11. The van der Waals surface area contributed by atoms with E-state index in [1.54, 1.807) is 12.1 Å². The van der Waals surface area contributed by atoms with Crippen LogP contribution in [0.1, 0.15) is 16.5 Å². The summed E-state index contributed by atoms with van der Waals surface area (Å²) in [5.41, 5.74) is -0.0469. The van der Waals surface area contributed by atoms with E-state index in [-0.39, 0.29) is 5.56 Å². The first-order chi connectivity index (χ1) is 7.58. The molecule has 84 valence electrons. The largest absolute Gasteiger partial charge is 0.383 e. The van der Waals surface area contributed by atoms with Crippen LogP contribution in [0.5, 0.6) is 0 Å². The van der Waals surface area contributed by atoms with E-state index in [4.69, 9.17) is 0 Å². The third-order valence-corrected chi connectivity index (χ3v) is 3.79. The summed E-state index contributed by atoms with van der Waals surface area (Å²) < 4.78 is 27.2. The summed E-state index contributed by atoms with van der Waals surface area (Å²) in [4.78, 5) is 0.566. The molecule has 0 bridgehead atoms. The molecular formula is C11H7BrF2OS. The number of aliphatic hydroxyl groups excluding tert-OH is 1. The SMILES string of the molecule is OC(c1ccc(Br)s1)c1cc(F)ccc1F. The predicted octanol–water partition coefficient (Wildman–Crippen LogP) is 3.87. The van der Waals surface area contributed by atoms with Gasteiger partial charge in [-0.15, -0.1) is 11.3 Å². The molecule has 0 saturated heterocycles. The number of hydrogen-bond acceptors (Lipinski definition) is 2. The molecule has 0 spiro atoms. The Morgan fingerprint density at radius 2 is 1.94 bits per heavy atom. The number of thiophene rings is 1. The lowest BCUT2D eigenvalue weighted by Crippen LogP contribution is -2.01. The summed E-state index contributed by atoms with van der Waals surface area (Å²) in [7, 11) is 0. The molecule has 1 nitrogen and oxygen atoms in total. The highest BCUT2D eigenvalue weighted by Gasteiger charge is 2.17. The van der Waals surface area contributed by atoms with Crippen LogP contribution < -0.4 is 0 Å². The lowest BCUT2D eigenvalue weighted by Gasteiger charge is -2.09. The van der Waals surface area contributed by atoms with E-state index < -0.39 is 17.7 Å². The van der Waals surface area contributed by atoms with E-state index in [1.807, 2.05) is 0 Å². The minimum atomic E-state index is -1.13. The summed E-state index contributed by atoms with van der Waals surface area (Å²) in [6.07, 6.45) is -1.13. The van der Waals surface area contributed by atoms with Crippen LogP contribution in [0.4, 0.5) is 8.78 Å². The van der Waals surface area contributed by atoms with Gasteiger partial charge in [0.25, 0.3) is 0 Å². The van der Waals surface area contributed by atoms with Gasteiger partial charge in [0.05, 0.1) is 3.79 Å². The van der Waals surface area contributed by atoms with Crippen molar-refractivity contribution in [2.45, 2.75) is 6.10 Å². The summed E-state index contributed by atoms with van der Waals surface area (Å²) in [6.45, 7) is 0. The molecule has 0 amide bonds. The number of rotatable bonds is 2. The van der Waals surface area contributed by atoms with Crippen LogP contribution in [0.2, 0.25) is 0 Å². The van der Waals surface area contributed by atoms with E-state index in [9.17, 15) is 13.9 Å². The van der Waals surface area contributed by atoms with Crippen molar-refractivity contribution in [3.8, 4) is 0 Å². The average molecular weight is 305 g/mol. The summed E-state index contributed by atoms with van der Waals surface area (Å²) >= 11 is 4.53. The third-order valence-electron chi connectivity index (χ3n) is 2.12. The van der Waals surface area contributed by atoms with Gasteiger partial charge in [0.1, 0.15) is 17.7 Å². The molecule has 1 aromatic heterocycles. The highest BCUT2D eigenvalue weighted by Crippen LogP contribution is 2.32. The van der Waals surface area contributed by atoms with Crippen molar-refractivity contribution in [1.82, 2.24) is 0 Å². The van der Waals surface area contributed by atoms with Crippen molar-refractivity contribution in [1.29, 1.82) is 0 Å². The van der Waals surface area contributed by atoms with E-state index in [0.717, 1.165) is 22.0 Å². The minimum Gasteiger partial charge on any atom is -0.383 e. The van der Waals surface area contributed by atoms with Crippen LogP contribution in [0.15, 0.2) is 34.1 Å². The highest BCUT2D eigenvalue weighted by atomic mass is 79.9. The van der Waals surface area contributed by atoms with Gasteiger partial charge in [0, 0.05) is 10.4 Å². The fraction of sp³-hybridized carbons (Fsp3) is 0.0909. The second kappa shape index (κ2) is 4.61. The fourth-order valence-corrected chi connectivity index (χ4v) is 2.78. The quantitative estimate of drug-likeness (QED) is 0.893. The molecule has 0 fully saturated rings. The topological polar surface area (TPSA) is 20.2 Å². The van der Waals surface area contributed by atoms with Crippen molar-refractivity contribution >= 4 is 27.3 Å². The van der Waals surface area contributed by atoms with E-state index in [0.29, 0.717) is 4.88 Å². The molecule has 0 saturated carbocycles. The van der Waals surface area contributed by atoms with Gasteiger partial charge in [-0.25, -0.2) is 8.78 Å². The molecule has 1 N–H and O–H groups in total. The Balaban J connectivity index is 2.40. The molecule has 1 atom stereocenters. The molecule has 2 rings (SSSR count). The number of hydrogen-bond donors (Lipinski definition) is 1. The van der Waals surface area contributed by atoms with E-state index >= 15 is 0 Å². The number of halogens is 3. The standard InChI is InChI=1S/C11H7BrF2OS/c12-10-4-3-9(16-10)11(15)7-5-6(13)1-2-8(7)14/h1-5,11,15H. The molecule has 0 aliphatic carbocycles. The monoisotopic (exact) mass is 304 g/mol. The summed E-state index contributed by atoms with van der Waals surface area (Å²) in [5, 5.41) is 9.89. The maximum Gasteiger partial charge on any atom is 0.129 e. The van der Waals surface area contributed by atoms with Gasteiger partial charge < -0.3 is 5.11 Å². The van der Waals surface area contributed by atoms with Crippen molar-refractivity contribution in [3.63, 3.8) is 0 Å². The predicted molar refractivity (Wildman–Crippen MR) is 62.4 cm³/mol. The van der Waals surface area contributed by atoms with Gasteiger partial charge in [-0.2, -0.15) is 0 Å². The van der Waals surface area contributed by atoms with Gasteiger partial charge in [-0.3, -0.25) is 0 Å². The Kier molecular flexibility index (Phi) is 3.37. The molecule has 2 aromatic rings. The second-order valence-electron chi connectivity index (χ2n) is 3.21. The zero-order chi connectivity index (χ0) is 11.7. The maximum absolute atomic E-state index is 13.4. The summed E-state index contributed by atoms with van der Waals surface area (Å²) in [6, 6.07) is 6.46. The van der Waals surface area contributed by atoms with Crippen molar-refractivity contribution in [2.75, 3.05) is 0 Å². The summed E-state index contributed by atoms with van der Waals surface area (Å²) in [5.74, 6) is -1.18.